The average molecular weight is 465 g/mol. The summed E-state index contributed by atoms with van der Waals surface area (Å²) >= 11 is 6.06. The zero-order valence-electron chi connectivity index (χ0n) is 18.7. The molecule has 3 aromatic carbocycles. The van der Waals surface area contributed by atoms with Crippen LogP contribution in [0.15, 0.2) is 66.2 Å². The van der Waals surface area contributed by atoms with E-state index in [0.29, 0.717) is 29.2 Å². The van der Waals surface area contributed by atoms with Crippen molar-refractivity contribution in [1.82, 2.24) is 9.80 Å². The van der Waals surface area contributed by atoms with Gasteiger partial charge in [-0.05, 0) is 60.8 Å². The molecule has 3 aromatic rings. The summed E-state index contributed by atoms with van der Waals surface area (Å²) in [5.74, 6) is -0.781. The third-order valence-electron chi connectivity index (χ3n) is 5.83. The molecule has 1 atom stereocenters. The third kappa shape index (κ3) is 4.45. The van der Waals surface area contributed by atoms with Crippen LogP contribution >= 0.6 is 11.6 Å². The maximum atomic E-state index is 13.1. The molecule has 0 radical (unpaired) electrons. The van der Waals surface area contributed by atoms with Crippen LogP contribution in [-0.4, -0.2) is 60.9 Å². The molecule has 170 valence electrons. The lowest BCUT2D eigenvalue weighted by Crippen LogP contribution is -2.35. The molecular weight excluding hydrogens is 440 g/mol. The summed E-state index contributed by atoms with van der Waals surface area (Å²) in [5, 5.41) is 13.6. The van der Waals surface area contributed by atoms with Crippen LogP contribution in [0.3, 0.4) is 0 Å². The smallest absolute Gasteiger partial charge is 0.295 e. The van der Waals surface area contributed by atoms with Gasteiger partial charge in [0.1, 0.15) is 11.5 Å². The van der Waals surface area contributed by atoms with Gasteiger partial charge in [-0.25, -0.2) is 0 Å². The zero-order chi connectivity index (χ0) is 23.7. The summed E-state index contributed by atoms with van der Waals surface area (Å²) in [5.41, 5.74) is 1.26. The van der Waals surface area contributed by atoms with Crippen LogP contribution in [0.4, 0.5) is 0 Å². The van der Waals surface area contributed by atoms with Crippen molar-refractivity contribution >= 4 is 39.8 Å². The first-order valence-corrected chi connectivity index (χ1v) is 10.9. The van der Waals surface area contributed by atoms with Crippen LogP contribution in [-0.2, 0) is 9.59 Å². The molecule has 33 heavy (non-hydrogen) atoms. The van der Waals surface area contributed by atoms with Gasteiger partial charge in [-0.15, -0.1) is 0 Å². The Morgan fingerprint density at radius 1 is 1.03 bits per heavy atom. The number of aliphatic hydroxyl groups is 1. The normalized spacial score (nSPS) is 17.8. The van der Waals surface area contributed by atoms with E-state index in [2.05, 4.69) is 0 Å². The van der Waals surface area contributed by atoms with Crippen LogP contribution in [0, 0.1) is 0 Å². The molecule has 4 rings (SSSR count). The molecule has 1 N–H and O–H groups in total. The second kappa shape index (κ2) is 9.25. The van der Waals surface area contributed by atoms with Crippen LogP contribution in [0.1, 0.15) is 17.2 Å². The van der Waals surface area contributed by atoms with Crippen molar-refractivity contribution in [2.75, 3.05) is 34.3 Å². The van der Waals surface area contributed by atoms with Gasteiger partial charge >= 0.3 is 0 Å². The van der Waals surface area contributed by atoms with E-state index in [1.165, 1.54) is 4.90 Å². The standard InChI is InChI=1S/C26H25ClN2O4/c1-28(2)12-13-29-23(16-6-9-20(27)10-7-16)22(25(31)26(29)32)24(30)19-5-4-18-15-21(33-3)11-8-17(18)14-19/h4-11,14-15,23,30H,12-13H2,1-3H3/b24-22+. The lowest BCUT2D eigenvalue weighted by atomic mass is 9.94. The Morgan fingerprint density at radius 3 is 2.36 bits per heavy atom. The number of hydrogen-bond acceptors (Lipinski definition) is 5. The Balaban J connectivity index is 1.84. The second-order valence-corrected chi connectivity index (χ2v) is 8.71. The number of methoxy groups -OCH3 is 1. The fourth-order valence-corrected chi connectivity index (χ4v) is 4.19. The van der Waals surface area contributed by atoms with E-state index in [1.807, 2.05) is 43.3 Å². The largest absolute Gasteiger partial charge is 0.507 e. The number of hydrogen-bond donors (Lipinski definition) is 1. The number of carbonyl (C=O) groups is 2. The summed E-state index contributed by atoms with van der Waals surface area (Å²) in [4.78, 5) is 29.5. The van der Waals surface area contributed by atoms with Gasteiger partial charge in [-0.2, -0.15) is 0 Å². The van der Waals surface area contributed by atoms with Gasteiger partial charge in [0.05, 0.1) is 18.7 Å². The van der Waals surface area contributed by atoms with Crippen molar-refractivity contribution in [2.45, 2.75) is 6.04 Å². The third-order valence-corrected chi connectivity index (χ3v) is 6.09. The van der Waals surface area contributed by atoms with Gasteiger partial charge in [0.25, 0.3) is 11.7 Å². The number of carbonyl (C=O) groups excluding carboxylic acids is 2. The molecule has 0 saturated carbocycles. The Kier molecular flexibility index (Phi) is 6.40. The number of likely N-dealkylation sites (tertiary alicyclic amines) is 1. The molecule has 0 bridgehead atoms. The maximum Gasteiger partial charge on any atom is 0.295 e. The lowest BCUT2D eigenvalue weighted by molar-refractivity contribution is -0.140. The van der Waals surface area contributed by atoms with Crippen molar-refractivity contribution in [1.29, 1.82) is 0 Å². The molecule has 1 aliphatic rings. The Bertz CT molecular complexity index is 1250. The van der Waals surface area contributed by atoms with Gasteiger partial charge in [0.15, 0.2) is 0 Å². The lowest BCUT2D eigenvalue weighted by Gasteiger charge is -2.26. The SMILES string of the molecule is COc1ccc2cc(/C(O)=C3\C(=O)C(=O)N(CCN(C)C)C3c3ccc(Cl)cc3)ccc2c1. The first kappa shape index (κ1) is 22.8. The van der Waals surface area contributed by atoms with Gasteiger partial charge in [0.2, 0.25) is 0 Å². The number of Topliss-reactive ketones (excluding diaryl/α,β-unsaturated/α-hetero) is 1. The topological polar surface area (TPSA) is 70.1 Å². The van der Waals surface area contributed by atoms with Crippen LogP contribution in [0.25, 0.3) is 16.5 Å². The number of rotatable bonds is 6. The van der Waals surface area contributed by atoms with Crippen molar-refractivity contribution < 1.29 is 19.4 Å². The van der Waals surface area contributed by atoms with Gasteiger partial charge in [-0.3, -0.25) is 9.59 Å². The minimum atomic E-state index is -0.700. The highest BCUT2D eigenvalue weighted by Gasteiger charge is 2.45. The Hall–Kier alpha value is -3.35. The minimum absolute atomic E-state index is 0.0777. The van der Waals surface area contributed by atoms with E-state index in [0.717, 1.165) is 16.5 Å². The highest BCUT2D eigenvalue weighted by atomic mass is 35.5. The molecule has 1 amide bonds. The second-order valence-electron chi connectivity index (χ2n) is 8.28. The number of amides is 1. The molecule has 0 aromatic heterocycles. The summed E-state index contributed by atoms with van der Waals surface area (Å²) in [7, 11) is 5.41. The van der Waals surface area contributed by atoms with Crippen molar-refractivity contribution in [2.24, 2.45) is 0 Å². The zero-order valence-corrected chi connectivity index (χ0v) is 19.5. The molecule has 1 unspecified atom stereocenters. The van der Waals surface area contributed by atoms with E-state index >= 15 is 0 Å². The average Bonchev–Trinajstić information content (AvgIpc) is 3.06. The number of ketones is 1. The number of nitrogens with zero attached hydrogens (tertiary/aromatic N) is 2. The van der Waals surface area contributed by atoms with E-state index in [9.17, 15) is 14.7 Å². The predicted molar refractivity (Wildman–Crippen MR) is 130 cm³/mol. The van der Waals surface area contributed by atoms with E-state index in [-0.39, 0.29) is 11.3 Å². The van der Waals surface area contributed by atoms with Crippen LogP contribution < -0.4 is 4.74 Å². The van der Waals surface area contributed by atoms with Crippen molar-refractivity contribution in [3.8, 4) is 5.75 Å². The van der Waals surface area contributed by atoms with Gasteiger partial charge in [-0.1, -0.05) is 41.9 Å². The van der Waals surface area contributed by atoms with Crippen molar-refractivity contribution in [3.05, 3.63) is 82.4 Å². The summed E-state index contributed by atoms with van der Waals surface area (Å²) in [6.07, 6.45) is 0. The van der Waals surface area contributed by atoms with Gasteiger partial charge in [0, 0.05) is 23.7 Å². The predicted octanol–water partition coefficient (Wildman–Crippen LogP) is 4.49. The number of fused-ring (bicyclic) bond motifs is 1. The monoisotopic (exact) mass is 464 g/mol. The molecule has 1 fully saturated rings. The summed E-state index contributed by atoms with van der Waals surface area (Å²) in [6.45, 7) is 0.925. The number of ether oxygens (including phenoxy) is 1. The highest BCUT2D eigenvalue weighted by Crippen LogP contribution is 2.40. The molecule has 0 aliphatic carbocycles. The number of likely N-dealkylation sites (N-methyl/N-ethyl adjacent to an activating group) is 1. The molecule has 6 nitrogen and oxygen atoms in total. The number of benzene rings is 3. The maximum absolute atomic E-state index is 13.1. The summed E-state index contributed by atoms with van der Waals surface area (Å²) < 4.78 is 5.27. The van der Waals surface area contributed by atoms with E-state index < -0.39 is 17.7 Å². The first-order chi connectivity index (χ1) is 15.8. The Morgan fingerprint density at radius 2 is 1.70 bits per heavy atom. The quantitative estimate of drug-likeness (QED) is 0.331. The van der Waals surface area contributed by atoms with Crippen LogP contribution in [0.2, 0.25) is 5.02 Å². The molecule has 1 heterocycles. The number of aliphatic hydroxyl groups excluding tert-OH is 1. The summed E-state index contributed by atoms with van der Waals surface area (Å²) in [6, 6.07) is 17.3. The highest BCUT2D eigenvalue weighted by molar-refractivity contribution is 6.46. The van der Waals surface area contributed by atoms with Crippen molar-refractivity contribution in [3.63, 3.8) is 0 Å². The fraction of sp³-hybridized carbons (Fsp3) is 0.231. The van der Waals surface area contributed by atoms with E-state index in [1.54, 1.807) is 43.5 Å². The Labute approximate surface area is 197 Å². The van der Waals surface area contributed by atoms with Crippen LogP contribution in [0.5, 0.6) is 5.75 Å². The minimum Gasteiger partial charge on any atom is -0.507 e. The molecule has 1 aliphatic heterocycles. The number of halogens is 1. The molecular formula is C26H25ClN2O4. The van der Waals surface area contributed by atoms with E-state index in [4.69, 9.17) is 16.3 Å². The molecule has 1 saturated heterocycles. The fourth-order valence-electron chi connectivity index (χ4n) is 4.06. The van der Waals surface area contributed by atoms with Gasteiger partial charge < -0.3 is 19.6 Å². The first-order valence-electron chi connectivity index (χ1n) is 10.6. The molecule has 7 heteroatoms. The molecule has 0 spiro atoms.